The van der Waals surface area contributed by atoms with Crippen molar-refractivity contribution in [3.05, 3.63) is 0 Å². The van der Waals surface area contributed by atoms with Gasteiger partial charge in [0.25, 0.3) is 0 Å². The molecule has 0 aromatic rings. The van der Waals surface area contributed by atoms with Crippen LogP contribution >= 0.6 is 0 Å². The first-order chi connectivity index (χ1) is 4.45. The largest absolute Gasteiger partial charge is 0.481 e. The van der Waals surface area contributed by atoms with Crippen LogP contribution in [0.3, 0.4) is 0 Å². The van der Waals surface area contributed by atoms with E-state index in [-0.39, 0.29) is 11.3 Å². The van der Waals surface area contributed by atoms with Crippen molar-refractivity contribution in [3.8, 4) is 0 Å². The van der Waals surface area contributed by atoms with Gasteiger partial charge in [-0.05, 0) is 17.8 Å². The number of carbonyl (C=O) groups is 1. The molecule has 2 unspecified atom stereocenters. The normalized spacial score (nSPS) is 31.3. The second-order valence-corrected chi connectivity index (χ2v) is 3.93. The van der Waals surface area contributed by atoms with Gasteiger partial charge in [-0.3, -0.25) is 4.79 Å². The molecule has 0 aromatic carbocycles. The fourth-order valence-electron chi connectivity index (χ4n) is 1.53. The lowest BCUT2D eigenvalue weighted by Gasteiger charge is -2.06. The summed E-state index contributed by atoms with van der Waals surface area (Å²) >= 11 is 0. The fourth-order valence-corrected chi connectivity index (χ4v) is 1.53. The monoisotopic (exact) mass is 142 g/mol. The minimum absolute atomic E-state index is 0.157. The van der Waals surface area contributed by atoms with Crippen molar-refractivity contribution >= 4 is 5.97 Å². The Hall–Kier alpha value is -0.530. The molecule has 1 rings (SSSR count). The van der Waals surface area contributed by atoms with E-state index in [9.17, 15) is 4.79 Å². The molecule has 0 saturated heterocycles. The Bertz CT molecular complexity index is 161. The van der Waals surface area contributed by atoms with E-state index >= 15 is 0 Å². The molecular formula is C8H14O2. The zero-order valence-corrected chi connectivity index (χ0v) is 6.72. The molecule has 0 radical (unpaired) electrons. The Morgan fingerprint density at radius 3 is 2.20 bits per heavy atom. The van der Waals surface area contributed by atoms with Crippen molar-refractivity contribution in [2.45, 2.75) is 27.2 Å². The minimum atomic E-state index is -0.657. The number of rotatable bonds is 2. The van der Waals surface area contributed by atoms with Crippen LogP contribution in [0.2, 0.25) is 0 Å². The Kier molecular flexibility index (Phi) is 1.50. The van der Waals surface area contributed by atoms with Gasteiger partial charge in [0, 0.05) is 0 Å². The molecule has 0 heterocycles. The molecule has 0 aromatic heterocycles. The van der Waals surface area contributed by atoms with Crippen LogP contribution in [-0.2, 0) is 4.79 Å². The molecule has 0 amide bonds. The summed E-state index contributed by atoms with van der Waals surface area (Å²) in [7, 11) is 0. The molecule has 0 bridgehead atoms. The van der Waals surface area contributed by atoms with E-state index in [0.717, 1.165) is 6.42 Å². The van der Waals surface area contributed by atoms with E-state index in [1.165, 1.54) is 0 Å². The molecule has 10 heavy (non-hydrogen) atoms. The lowest BCUT2D eigenvalue weighted by Crippen LogP contribution is -2.14. The maximum atomic E-state index is 10.5. The molecule has 1 aliphatic rings. The Labute approximate surface area is 61.2 Å². The zero-order chi connectivity index (χ0) is 7.94. The second kappa shape index (κ2) is 1.97. The first kappa shape index (κ1) is 7.58. The maximum Gasteiger partial charge on any atom is 0.306 e. The number of hydrogen-bond acceptors (Lipinski definition) is 1. The summed E-state index contributed by atoms with van der Waals surface area (Å²) < 4.78 is 0. The Morgan fingerprint density at radius 1 is 1.70 bits per heavy atom. The van der Waals surface area contributed by atoms with Crippen molar-refractivity contribution in [1.82, 2.24) is 0 Å². The van der Waals surface area contributed by atoms with E-state index in [1.54, 1.807) is 6.92 Å². The summed E-state index contributed by atoms with van der Waals surface area (Å²) in [4.78, 5) is 10.5. The van der Waals surface area contributed by atoms with Crippen molar-refractivity contribution in [2.24, 2.45) is 17.3 Å². The van der Waals surface area contributed by atoms with Crippen LogP contribution in [0.4, 0.5) is 0 Å². The van der Waals surface area contributed by atoms with Crippen molar-refractivity contribution < 1.29 is 9.90 Å². The molecule has 1 aliphatic carbocycles. The van der Waals surface area contributed by atoms with Crippen LogP contribution in [0.25, 0.3) is 0 Å². The average molecular weight is 142 g/mol. The molecule has 1 saturated carbocycles. The zero-order valence-electron chi connectivity index (χ0n) is 6.72. The van der Waals surface area contributed by atoms with Gasteiger partial charge in [0.2, 0.25) is 0 Å². The summed E-state index contributed by atoms with van der Waals surface area (Å²) in [5.41, 5.74) is 0.289. The highest BCUT2D eigenvalue weighted by molar-refractivity contribution is 5.70. The summed E-state index contributed by atoms with van der Waals surface area (Å²) in [5.74, 6) is -0.407. The van der Waals surface area contributed by atoms with Gasteiger partial charge in [-0.1, -0.05) is 20.8 Å². The van der Waals surface area contributed by atoms with Crippen LogP contribution < -0.4 is 0 Å². The lowest BCUT2D eigenvalue weighted by atomic mass is 9.99. The van der Waals surface area contributed by atoms with Crippen molar-refractivity contribution in [3.63, 3.8) is 0 Å². The summed E-state index contributed by atoms with van der Waals surface area (Å²) in [6.45, 7) is 6.04. The lowest BCUT2D eigenvalue weighted by molar-refractivity contribution is -0.142. The average Bonchev–Trinajstić information content (AvgIpc) is 2.38. The van der Waals surface area contributed by atoms with Gasteiger partial charge >= 0.3 is 5.97 Å². The summed E-state index contributed by atoms with van der Waals surface area (Å²) in [6.07, 6.45) is 1.07. The van der Waals surface area contributed by atoms with E-state index in [2.05, 4.69) is 13.8 Å². The predicted molar refractivity (Wildman–Crippen MR) is 38.7 cm³/mol. The summed E-state index contributed by atoms with van der Waals surface area (Å²) in [6, 6.07) is 0. The van der Waals surface area contributed by atoms with Crippen molar-refractivity contribution in [2.75, 3.05) is 0 Å². The van der Waals surface area contributed by atoms with Gasteiger partial charge < -0.3 is 5.11 Å². The number of hydrogen-bond donors (Lipinski definition) is 1. The first-order valence-electron chi connectivity index (χ1n) is 3.68. The Balaban J connectivity index is 2.47. The van der Waals surface area contributed by atoms with Gasteiger partial charge in [0.1, 0.15) is 0 Å². The molecule has 0 spiro atoms. The third kappa shape index (κ3) is 1.15. The van der Waals surface area contributed by atoms with E-state index in [1.807, 2.05) is 0 Å². The van der Waals surface area contributed by atoms with Crippen LogP contribution in [0, 0.1) is 17.3 Å². The van der Waals surface area contributed by atoms with E-state index in [0.29, 0.717) is 5.92 Å². The number of aliphatic carboxylic acids is 1. The van der Waals surface area contributed by atoms with Gasteiger partial charge in [0.15, 0.2) is 0 Å². The standard InChI is InChI=1S/C8H14O2/c1-5(7(9)10)6-4-8(6,2)3/h5-6H,4H2,1-3H3,(H,9,10). The Morgan fingerprint density at radius 2 is 2.10 bits per heavy atom. The molecule has 58 valence electrons. The molecule has 1 N–H and O–H groups in total. The molecule has 2 atom stereocenters. The second-order valence-electron chi connectivity index (χ2n) is 3.93. The highest BCUT2D eigenvalue weighted by Gasteiger charge is 2.50. The first-order valence-corrected chi connectivity index (χ1v) is 3.68. The van der Waals surface area contributed by atoms with Crippen LogP contribution in [-0.4, -0.2) is 11.1 Å². The number of carboxylic acid groups (broad SMARTS) is 1. The molecule has 2 nitrogen and oxygen atoms in total. The molecule has 1 fully saturated rings. The van der Waals surface area contributed by atoms with Crippen LogP contribution in [0.1, 0.15) is 27.2 Å². The quantitative estimate of drug-likeness (QED) is 0.637. The van der Waals surface area contributed by atoms with E-state index < -0.39 is 5.97 Å². The maximum absolute atomic E-state index is 10.5. The van der Waals surface area contributed by atoms with Gasteiger partial charge in [-0.2, -0.15) is 0 Å². The smallest absolute Gasteiger partial charge is 0.306 e. The van der Waals surface area contributed by atoms with Crippen LogP contribution in [0.15, 0.2) is 0 Å². The van der Waals surface area contributed by atoms with Crippen LogP contribution in [0.5, 0.6) is 0 Å². The van der Waals surface area contributed by atoms with Gasteiger partial charge in [0.05, 0.1) is 5.92 Å². The SMILES string of the molecule is CC(C(=O)O)C1CC1(C)C. The molecule has 0 aliphatic heterocycles. The highest BCUT2D eigenvalue weighted by Crippen LogP contribution is 2.55. The van der Waals surface area contributed by atoms with E-state index in [4.69, 9.17) is 5.11 Å². The third-order valence-electron chi connectivity index (χ3n) is 2.58. The minimum Gasteiger partial charge on any atom is -0.481 e. The van der Waals surface area contributed by atoms with Gasteiger partial charge in [-0.25, -0.2) is 0 Å². The number of carboxylic acids is 1. The van der Waals surface area contributed by atoms with Gasteiger partial charge in [-0.15, -0.1) is 0 Å². The fraction of sp³-hybridized carbons (Fsp3) is 0.875. The van der Waals surface area contributed by atoms with Crippen molar-refractivity contribution in [1.29, 1.82) is 0 Å². The summed E-state index contributed by atoms with van der Waals surface area (Å²) in [5, 5.41) is 8.62. The third-order valence-corrected chi connectivity index (χ3v) is 2.58. The highest BCUT2D eigenvalue weighted by atomic mass is 16.4. The topological polar surface area (TPSA) is 37.3 Å². The molecule has 2 heteroatoms. The molecular weight excluding hydrogens is 128 g/mol. The predicted octanol–water partition coefficient (Wildman–Crippen LogP) is 1.75.